The highest BCUT2D eigenvalue weighted by Gasteiger charge is 2.21. The number of amides is 1. The molecule has 4 rings (SSSR count). The summed E-state index contributed by atoms with van der Waals surface area (Å²) in [5.74, 6) is 2.76. The number of carbonyl (C=O) groups excluding carboxylic acids is 1. The van der Waals surface area contributed by atoms with Crippen LogP contribution in [0.25, 0.3) is 10.1 Å². The maximum atomic E-state index is 10.4. The molecule has 28 heavy (non-hydrogen) atoms. The van der Waals surface area contributed by atoms with Crippen molar-refractivity contribution in [3.63, 3.8) is 0 Å². The van der Waals surface area contributed by atoms with Gasteiger partial charge in [0, 0.05) is 64.4 Å². The first-order chi connectivity index (χ1) is 13.7. The molecule has 148 valence electrons. The van der Waals surface area contributed by atoms with Gasteiger partial charge in [0.2, 0.25) is 6.41 Å². The summed E-state index contributed by atoms with van der Waals surface area (Å²) in [6, 6.07) is 8.44. The fourth-order valence-electron chi connectivity index (χ4n) is 3.70. The third-order valence-corrected chi connectivity index (χ3v) is 5.98. The lowest BCUT2D eigenvalue weighted by molar-refractivity contribution is -0.109. The predicted molar refractivity (Wildman–Crippen MR) is 111 cm³/mol. The Bertz CT molecular complexity index is 930. The molecule has 0 aliphatic carbocycles. The van der Waals surface area contributed by atoms with Crippen molar-refractivity contribution in [1.82, 2.24) is 19.6 Å². The topological polar surface area (TPSA) is 74.5 Å². The molecule has 0 bridgehead atoms. The number of hydrogen-bond donors (Lipinski definition) is 1. The van der Waals surface area contributed by atoms with E-state index in [1.54, 1.807) is 11.5 Å². The van der Waals surface area contributed by atoms with Gasteiger partial charge in [-0.1, -0.05) is 12.1 Å². The molecule has 7 nitrogen and oxygen atoms in total. The van der Waals surface area contributed by atoms with E-state index in [-0.39, 0.29) is 0 Å². The zero-order chi connectivity index (χ0) is 19.3. The third-order valence-electron chi connectivity index (χ3n) is 5.16. The molecule has 0 spiro atoms. The van der Waals surface area contributed by atoms with Gasteiger partial charge in [-0.25, -0.2) is 4.98 Å². The van der Waals surface area contributed by atoms with E-state index in [4.69, 9.17) is 4.42 Å². The first-order valence-electron chi connectivity index (χ1n) is 9.68. The van der Waals surface area contributed by atoms with Gasteiger partial charge in [0.05, 0.1) is 10.4 Å². The second-order valence-corrected chi connectivity index (χ2v) is 7.81. The Morgan fingerprint density at radius 2 is 2.04 bits per heavy atom. The molecule has 1 aliphatic heterocycles. The molecule has 0 radical (unpaired) electrons. The highest BCUT2D eigenvalue weighted by atomic mass is 32.1. The standard InChI is InChI=1S/C20H25N5O2S/c1-15-22-17(6-8-21-14-26)18(27-15)7-9-24-10-12-25(13-11-24)20-16-4-2-3-5-19(16)28-23-20/h2-5,14H,6-13H2,1H3,(H,21,26). The first-order valence-corrected chi connectivity index (χ1v) is 10.5. The molecule has 0 atom stereocenters. The highest BCUT2D eigenvalue weighted by Crippen LogP contribution is 2.29. The number of anilines is 1. The van der Waals surface area contributed by atoms with Gasteiger partial charge in [0.1, 0.15) is 11.6 Å². The Morgan fingerprint density at radius 1 is 1.21 bits per heavy atom. The minimum Gasteiger partial charge on any atom is -0.446 e. The van der Waals surface area contributed by atoms with Gasteiger partial charge < -0.3 is 14.6 Å². The van der Waals surface area contributed by atoms with Crippen LogP contribution in [0.1, 0.15) is 17.3 Å². The first kappa shape index (κ1) is 18.9. The van der Waals surface area contributed by atoms with Gasteiger partial charge >= 0.3 is 0 Å². The lowest BCUT2D eigenvalue weighted by Crippen LogP contribution is -2.47. The number of nitrogens with zero attached hydrogens (tertiary/aromatic N) is 4. The number of aromatic nitrogens is 2. The lowest BCUT2D eigenvalue weighted by Gasteiger charge is -2.35. The summed E-state index contributed by atoms with van der Waals surface area (Å²) in [6.07, 6.45) is 2.27. The number of rotatable bonds is 8. The third kappa shape index (κ3) is 4.18. The summed E-state index contributed by atoms with van der Waals surface area (Å²) < 4.78 is 11.7. The van der Waals surface area contributed by atoms with Crippen molar-refractivity contribution < 1.29 is 9.21 Å². The van der Waals surface area contributed by atoms with Crippen LogP contribution >= 0.6 is 11.5 Å². The quantitative estimate of drug-likeness (QED) is 0.463. The minimum absolute atomic E-state index is 0.586. The fourth-order valence-corrected chi connectivity index (χ4v) is 4.49. The molecule has 0 unspecified atom stereocenters. The van der Waals surface area contributed by atoms with E-state index in [0.29, 0.717) is 18.9 Å². The van der Waals surface area contributed by atoms with Crippen LogP contribution in [0.15, 0.2) is 28.7 Å². The summed E-state index contributed by atoms with van der Waals surface area (Å²) in [6.45, 7) is 7.41. The summed E-state index contributed by atoms with van der Waals surface area (Å²) in [7, 11) is 0. The molecule has 1 N–H and O–H groups in total. The number of hydrogen-bond acceptors (Lipinski definition) is 7. The Hall–Kier alpha value is -2.45. The van der Waals surface area contributed by atoms with E-state index in [2.05, 4.69) is 48.7 Å². The zero-order valence-corrected chi connectivity index (χ0v) is 16.9. The second-order valence-electron chi connectivity index (χ2n) is 7.01. The van der Waals surface area contributed by atoms with Gasteiger partial charge in [-0.2, -0.15) is 4.37 Å². The number of oxazole rings is 1. The van der Waals surface area contributed by atoms with Crippen LogP contribution in [0.4, 0.5) is 5.82 Å². The van der Waals surface area contributed by atoms with E-state index >= 15 is 0 Å². The van der Waals surface area contributed by atoms with Crippen molar-refractivity contribution in [2.75, 3.05) is 44.2 Å². The Kier molecular flexibility index (Phi) is 5.87. The van der Waals surface area contributed by atoms with Crippen LogP contribution in [-0.4, -0.2) is 59.9 Å². The van der Waals surface area contributed by atoms with Gasteiger partial charge in [0.25, 0.3) is 0 Å². The van der Waals surface area contributed by atoms with Crippen LogP contribution in [0.2, 0.25) is 0 Å². The number of aryl methyl sites for hydroxylation is 1. The Labute approximate surface area is 168 Å². The average Bonchev–Trinajstić information content (AvgIpc) is 3.30. The molecule has 2 aromatic heterocycles. The van der Waals surface area contributed by atoms with E-state index in [1.807, 2.05) is 6.92 Å². The second kappa shape index (κ2) is 8.70. The number of fused-ring (bicyclic) bond motifs is 1. The Balaban J connectivity index is 1.31. The molecular formula is C20H25N5O2S. The number of nitrogens with one attached hydrogen (secondary N) is 1. The number of carbonyl (C=O) groups is 1. The SMILES string of the molecule is Cc1nc(CCNC=O)c(CCN2CCN(c3nsc4ccccc34)CC2)o1. The molecule has 1 saturated heterocycles. The van der Waals surface area contributed by atoms with E-state index in [9.17, 15) is 4.79 Å². The molecule has 3 aromatic rings. The normalized spacial score (nSPS) is 15.2. The van der Waals surface area contributed by atoms with Gasteiger partial charge in [-0.3, -0.25) is 9.69 Å². The number of piperazine rings is 1. The van der Waals surface area contributed by atoms with Crippen LogP contribution in [0.5, 0.6) is 0 Å². The maximum absolute atomic E-state index is 10.4. The summed E-state index contributed by atoms with van der Waals surface area (Å²) in [5.41, 5.74) is 0.958. The van der Waals surface area contributed by atoms with Crippen molar-refractivity contribution in [2.24, 2.45) is 0 Å². The lowest BCUT2D eigenvalue weighted by atomic mass is 10.2. The fraction of sp³-hybridized carbons (Fsp3) is 0.450. The van der Waals surface area contributed by atoms with E-state index in [1.165, 1.54) is 10.1 Å². The Morgan fingerprint density at radius 3 is 2.86 bits per heavy atom. The average molecular weight is 400 g/mol. The van der Waals surface area contributed by atoms with Gasteiger partial charge in [-0.05, 0) is 23.7 Å². The monoisotopic (exact) mass is 399 g/mol. The molecule has 1 aromatic carbocycles. The molecular weight excluding hydrogens is 374 g/mol. The van der Waals surface area contributed by atoms with Crippen molar-refractivity contribution in [2.45, 2.75) is 19.8 Å². The molecule has 8 heteroatoms. The number of benzene rings is 1. The smallest absolute Gasteiger partial charge is 0.207 e. The van der Waals surface area contributed by atoms with Crippen LogP contribution in [0, 0.1) is 6.92 Å². The molecule has 1 fully saturated rings. The molecule has 3 heterocycles. The van der Waals surface area contributed by atoms with Gasteiger partial charge in [0.15, 0.2) is 5.89 Å². The predicted octanol–water partition coefficient (Wildman–Crippen LogP) is 2.25. The molecule has 0 saturated carbocycles. The summed E-state index contributed by atoms with van der Waals surface area (Å²) in [5, 5.41) is 3.94. The maximum Gasteiger partial charge on any atom is 0.207 e. The largest absolute Gasteiger partial charge is 0.446 e. The summed E-state index contributed by atoms with van der Waals surface area (Å²) >= 11 is 1.58. The minimum atomic E-state index is 0.586. The van der Waals surface area contributed by atoms with Crippen molar-refractivity contribution in [3.8, 4) is 0 Å². The van der Waals surface area contributed by atoms with E-state index < -0.39 is 0 Å². The van der Waals surface area contributed by atoms with Crippen LogP contribution < -0.4 is 10.2 Å². The molecule has 1 amide bonds. The van der Waals surface area contributed by atoms with Crippen molar-refractivity contribution in [1.29, 1.82) is 0 Å². The van der Waals surface area contributed by atoms with Crippen LogP contribution in [0.3, 0.4) is 0 Å². The summed E-state index contributed by atoms with van der Waals surface area (Å²) in [4.78, 5) is 19.8. The zero-order valence-electron chi connectivity index (χ0n) is 16.1. The highest BCUT2D eigenvalue weighted by molar-refractivity contribution is 7.13. The van der Waals surface area contributed by atoms with Crippen molar-refractivity contribution >= 4 is 33.8 Å². The van der Waals surface area contributed by atoms with Crippen LogP contribution in [-0.2, 0) is 17.6 Å². The van der Waals surface area contributed by atoms with Gasteiger partial charge in [-0.15, -0.1) is 0 Å². The van der Waals surface area contributed by atoms with Crippen molar-refractivity contribution in [3.05, 3.63) is 41.6 Å². The van der Waals surface area contributed by atoms with E-state index in [0.717, 1.165) is 62.8 Å². The molecule has 1 aliphatic rings.